The average Bonchev–Trinajstić information content (AvgIpc) is 2.46. The zero-order valence-electron chi connectivity index (χ0n) is 10.9. The molecule has 108 valence electrons. The number of benzene rings is 1. The molecule has 2 amide bonds. The van der Waals surface area contributed by atoms with Gasteiger partial charge in [-0.15, -0.1) is 0 Å². The van der Waals surface area contributed by atoms with Crippen LogP contribution in [0.2, 0.25) is 0 Å². The third kappa shape index (κ3) is 3.93. The highest BCUT2D eigenvalue weighted by atomic mass is 16.4. The lowest BCUT2D eigenvalue weighted by atomic mass is 10.2. The maximum absolute atomic E-state index is 12.2. The lowest BCUT2D eigenvalue weighted by Gasteiger charge is -2.21. The molecule has 0 unspecified atom stereocenters. The Bertz CT molecular complexity index is 628. The fraction of sp³-hybridized carbons (Fsp3) is 0.0714. The summed E-state index contributed by atoms with van der Waals surface area (Å²) in [4.78, 5) is 28.0. The highest BCUT2D eigenvalue weighted by Crippen LogP contribution is 2.19. The first-order chi connectivity index (χ1) is 10.1. The predicted molar refractivity (Wildman–Crippen MR) is 76.3 cm³/mol. The minimum Gasteiger partial charge on any atom is -0.508 e. The molecule has 1 aromatic heterocycles. The topological polar surface area (TPSA) is 103 Å². The number of aromatic nitrogens is 1. The van der Waals surface area contributed by atoms with Gasteiger partial charge in [-0.25, -0.2) is 4.79 Å². The van der Waals surface area contributed by atoms with E-state index in [-0.39, 0.29) is 5.75 Å². The van der Waals surface area contributed by atoms with E-state index < -0.39 is 18.5 Å². The Balaban J connectivity index is 2.21. The molecular weight excluding hydrogens is 274 g/mol. The third-order valence-corrected chi connectivity index (χ3v) is 2.61. The monoisotopic (exact) mass is 287 g/mol. The number of nitrogens with zero attached hydrogens (tertiary/aromatic N) is 2. The van der Waals surface area contributed by atoms with Crippen molar-refractivity contribution in [1.29, 1.82) is 0 Å². The molecule has 0 fully saturated rings. The predicted octanol–water partition coefficient (Wildman–Crippen LogP) is 1.91. The van der Waals surface area contributed by atoms with E-state index in [0.717, 1.165) is 4.90 Å². The average molecular weight is 287 g/mol. The van der Waals surface area contributed by atoms with Crippen LogP contribution in [0, 0.1) is 0 Å². The van der Waals surface area contributed by atoms with Crippen LogP contribution in [0.1, 0.15) is 0 Å². The lowest BCUT2D eigenvalue weighted by molar-refractivity contribution is -0.135. The summed E-state index contributed by atoms with van der Waals surface area (Å²) in [6.07, 6.45) is 3.01. The second-order valence-corrected chi connectivity index (χ2v) is 4.17. The van der Waals surface area contributed by atoms with Gasteiger partial charge in [0, 0.05) is 11.9 Å². The summed E-state index contributed by atoms with van der Waals surface area (Å²) in [7, 11) is 0. The SMILES string of the molecule is O=C(O)CN(C(=O)Nc1cccnc1)c1ccc(O)cc1. The molecule has 2 rings (SSSR count). The van der Waals surface area contributed by atoms with Gasteiger partial charge in [-0.05, 0) is 36.4 Å². The number of carbonyl (C=O) groups excluding carboxylic acids is 1. The van der Waals surface area contributed by atoms with Gasteiger partial charge in [-0.2, -0.15) is 0 Å². The van der Waals surface area contributed by atoms with Gasteiger partial charge in [0.1, 0.15) is 12.3 Å². The standard InChI is InChI=1S/C14H13N3O4/c18-12-5-3-11(4-6-12)17(9-13(19)20)14(21)16-10-2-1-7-15-8-10/h1-8,18H,9H2,(H,16,21)(H,19,20). The molecule has 3 N–H and O–H groups in total. The Labute approximate surface area is 120 Å². The first-order valence-electron chi connectivity index (χ1n) is 6.05. The van der Waals surface area contributed by atoms with E-state index in [0.29, 0.717) is 11.4 Å². The van der Waals surface area contributed by atoms with Gasteiger partial charge in [-0.3, -0.25) is 14.7 Å². The third-order valence-electron chi connectivity index (χ3n) is 2.61. The van der Waals surface area contributed by atoms with Crippen LogP contribution in [-0.4, -0.2) is 33.7 Å². The Hall–Kier alpha value is -3.09. The lowest BCUT2D eigenvalue weighted by Crippen LogP contribution is -2.38. The highest BCUT2D eigenvalue weighted by molar-refractivity contribution is 6.04. The number of phenols is 1. The number of anilines is 2. The molecule has 0 aliphatic carbocycles. The summed E-state index contributed by atoms with van der Waals surface area (Å²) in [6, 6.07) is 8.36. The zero-order chi connectivity index (χ0) is 15.2. The maximum atomic E-state index is 12.2. The van der Waals surface area contributed by atoms with Gasteiger partial charge < -0.3 is 15.5 Å². The van der Waals surface area contributed by atoms with Gasteiger partial charge >= 0.3 is 12.0 Å². The summed E-state index contributed by atoms with van der Waals surface area (Å²) in [5.41, 5.74) is 0.813. The molecule has 7 nitrogen and oxygen atoms in total. The van der Waals surface area contributed by atoms with Gasteiger partial charge in [0.2, 0.25) is 0 Å². The molecule has 0 saturated heterocycles. The van der Waals surface area contributed by atoms with Crippen LogP contribution >= 0.6 is 0 Å². The van der Waals surface area contributed by atoms with E-state index in [1.54, 1.807) is 18.3 Å². The van der Waals surface area contributed by atoms with Crippen molar-refractivity contribution in [3.05, 3.63) is 48.8 Å². The number of nitrogens with one attached hydrogen (secondary N) is 1. The van der Waals surface area contributed by atoms with Gasteiger partial charge in [-0.1, -0.05) is 0 Å². The van der Waals surface area contributed by atoms with Crippen molar-refractivity contribution in [2.45, 2.75) is 0 Å². The van der Waals surface area contributed by atoms with Gasteiger partial charge in [0.05, 0.1) is 11.9 Å². The first-order valence-corrected chi connectivity index (χ1v) is 6.05. The smallest absolute Gasteiger partial charge is 0.326 e. The van der Waals surface area contributed by atoms with E-state index in [4.69, 9.17) is 5.11 Å². The number of hydrogen-bond donors (Lipinski definition) is 3. The van der Waals surface area contributed by atoms with Crippen LogP contribution in [0.25, 0.3) is 0 Å². The van der Waals surface area contributed by atoms with Crippen LogP contribution in [-0.2, 0) is 4.79 Å². The molecule has 0 saturated carbocycles. The molecule has 0 aliphatic rings. The van der Waals surface area contributed by atoms with E-state index >= 15 is 0 Å². The van der Waals surface area contributed by atoms with Crippen LogP contribution in [0.5, 0.6) is 5.75 Å². The van der Waals surface area contributed by atoms with Crippen LogP contribution in [0.4, 0.5) is 16.2 Å². The van der Waals surface area contributed by atoms with Crippen molar-refractivity contribution >= 4 is 23.4 Å². The molecule has 0 spiro atoms. The summed E-state index contributed by atoms with van der Waals surface area (Å²) in [6.45, 7) is -0.503. The van der Waals surface area contributed by atoms with Crippen molar-refractivity contribution in [2.75, 3.05) is 16.8 Å². The molecule has 0 aliphatic heterocycles. The summed E-state index contributed by atoms with van der Waals surface area (Å²) in [5, 5.41) is 20.7. The van der Waals surface area contributed by atoms with Crippen molar-refractivity contribution in [2.24, 2.45) is 0 Å². The molecule has 1 aromatic carbocycles. The molecular formula is C14H13N3O4. The Morgan fingerprint density at radius 2 is 1.90 bits per heavy atom. The summed E-state index contributed by atoms with van der Waals surface area (Å²) < 4.78 is 0. The van der Waals surface area contributed by atoms with Gasteiger partial charge in [0.25, 0.3) is 0 Å². The number of phenolic OH excluding ortho intramolecular Hbond substituents is 1. The van der Waals surface area contributed by atoms with Gasteiger partial charge in [0.15, 0.2) is 0 Å². The van der Waals surface area contributed by atoms with Crippen LogP contribution < -0.4 is 10.2 Å². The number of carboxylic acid groups (broad SMARTS) is 1. The molecule has 0 radical (unpaired) electrons. The number of urea groups is 1. The number of amides is 2. The number of aliphatic carboxylic acids is 1. The number of aromatic hydroxyl groups is 1. The van der Waals surface area contributed by atoms with E-state index in [1.165, 1.54) is 30.5 Å². The Morgan fingerprint density at radius 3 is 2.48 bits per heavy atom. The summed E-state index contributed by atoms with van der Waals surface area (Å²) >= 11 is 0. The molecule has 2 aromatic rings. The maximum Gasteiger partial charge on any atom is 0.326 e. The number of hydrogen-bond acceptors (Lipinski definition) is 4. The summed E-state index contributed by atoms with van der Waals surface area (Å²) in [5.74, 6) is -1.12. The van der Waals surface area contributed by atoms with Crippen LogP contribution in [0.15, 0.2) is 48.8 Å². The molecule has 0 atom stereocenters. The second-order valence-electron chi connectivity index (χ2n) is 4.17. The molecule has 7 heteroatoms. The second kappa shape index (κ2) is 6.38. The fourth-order valence-electron chi connectivity index (χ4n) is 1.68. The van der Waals surface area contributed by atoms with Crippen molar-refractivity contribution in [3.63, 3.8) is 0 Å². The quantitative estimate of drug-likeness (QED) is 0.797. The van der Waals surface area contributed by atoms with E-state index in [9.17, 15) is 14.7 Å². The van der Waals surface area contributed by atoms with E-state index in [1.807, 2.05) is 0 Å². The normalized spacial score (nSPS) is 9.90. The molecule has 0 bridgehead atoms. The van der Waals surface area contributed by atoms with Crippen molar-refractivity contribution in [3.8, 4) is 5.75 Å². The number of pyridine rings is 1. The number of carboxylic acids is 1. The molecule has 21 heavy (non-hydrogen) atoms. The number of carbonyl (C=O) groups is 2. The van der Waals surface area contributed by atoms with Crippen molar-refractivity contribution in [1.82, 2.24) is 4.98 Å². The minimum absolute atomic E-state index is 0.0293. The fourth-order valence-corrected chi connectivity index (χ4v) is 1.68. The Morgan fingerprint density at radius 1 is 1.19 bits per heavy atom. The first kappa shape index (κ1) is 14.3. The minimum atomic E-state index is -1.15. The Kier molecular flexibility index (Phi) is 4.35. The van der Waals surface area contributed by atoms with Crippen LogP contribution in [0.3, 0.4) is 0 Å². The molecule has 1 heterocycles. The zero-order valence-corrected chi connectivity index (χ0v) is 10.9. The largest absolute Gasteiger partial charge is 0.508 e. The highest BCUT2D eigenvalue weighted by Gasteiger charge is 2.19. The van der Waals surface area contributed by atoms with Crippen molar-refractivity contribution < 1.29 is 19.8 Å². The number of rotatable bonds is 4. The van der Waals surface area contributed by atoms with E-state index in [2.05, 4.69) is 10.3 Å².